The van der Waals surface area contributed by atoms with Crippen LogP contribution in [-0.2, 0) is 22.7 Å². The van der Waals surface area contributed by atoms with Gasteiger partial charge in [-0.1, -0.05) is 72.8 Å². The summed E-state index contributed by atoms with van der Waals surface area (Å²) in [4.78, 5) is 25.6. The molecular weight excluding hydrogens is 374 g/mol. The highest BCUT2D eigenvalue weighted by Gasteiger charge is 2.18. The van der Waals surface area contributed by atoms with Gasteiger partial charge in [-0.15, -0.1) is 0 Å². The van der Waals surface area contributed by atoms with Crippen LogP contribution < -0.4 is 10.6 Å². The molecule has 0 unspecified atom stereocenters. The van der Waals surface area contributed by atoms with Crippen LogP contribution in [-0.4, -0.2) is 11.8 Å². The molecule has 0 saturated carbocycles. The zero-order valence-corrected chi connectivity index (χ0v) is 16.3. The number of rotatable bonds is 7. The number of hydrogen-bond acceptors (Lipinski definition) is 3. The fraction of sp³-hybridized carbons (Fsp3) is 0.0800. The first-order chi connectivity index (χ1) is 14.7. The highest BCUT2D eigenvalue weighted by Crippen LogP contribution is 2.11. The van der Waals surface area contributed by atoms with Crippen molar-refractivity contribution < 1.29 is 9.59 Å². The van der Waals surface area contributed by atoms with Crippen LogP contribution in [0.5, 0.6) is 0 Å². The Morgan fingerprint density at radius 3 is 1.80 bits per heavy atom. The van der Waals surface area contributed by atoms with Gasteiger partial charge < -0.3 is 10.6 Å². The molecule has 0 fully saturated rings. The molecule has 0 saturated heterocycles. The fourth-order valence-electron chi connectivity index (χ4n) is 2.85. The number of amides is 2. The van der Waals surface area contributed by atoms with E-state index in [2.05, 4.69) is 16.7 Å². The maximum atomic E-state index is 12.8. The molecule has 0 aliphatic rings. The van der Waals surface area contributed by atoms with E-state index in [0.717, 1.165) is 11.1 Å². The Hall–Kier alpha value is -4.17. The largest absolute Gasteiger partial charge is 0.348 e. The maximum absolute atomic E-state index is 12.8. The summed E-state index contributed by atoms with van der Waals surface area (Å²) in [6, 6.07) is 27.8. The number of carbonyl (C=O) groups is 2. The summed E-state index contributed by atoms with van der Waals surface area (Å²) < 4.78 is 0. The SMILES string of the molecule is N#Cc1cccc(C=C(C(=O)NCc2ccccc2)C(=O)NCc2ccccc2)c1. The molecule has 148 valence electrons. The van der Waals surface area contributed by atoms with E-state index in [0.29, 0.717) is 24.2 Å². The number of benzene rings is 3. The van der Waals surface area contributed by atoms with Crippen molar-refractivity contribution >= 4 is 17.9 Å². The Morgan fingerprint density at radius 1 is 0.767 bits per heavy atom. The predicted octanol–water partition coefficient (Wildman–Crippen LogP) is 3.57. The smallest absolute Gasteiger partial charge is 0.257 e. The average molecular weight is 395 g/mol. The lowest BCUT2D eigenvalue weighted by Gasteiger charge is -2.11. The van der Waals surface area contributed by atoms with Crippen molar-refractivity contribution in [2.24, 2.45) is 0 Å². The Balaban J connectivity index is 1.79. The molecule has 0 bridgehead atoms. The second-order valence-electron chi connectivity index (χ2n) is 6.63. The van der Waals surface area contributed by atoms with Crippen LogP contribution in [0.3, 0.4) is 0 Å². The van der Waals surface area contributed by atoms with E-state index in [1.165, 1.54) is 6.08 Å². The summed E-state index contributed by atoms with van der Waals surface area (Å²) in [5, 5.41) is 14.7. The predicted molar refractivity (Wildman–Crippen MR) is 116 cm³/mol. The molecule has 3 aromatic rings. The van der Waals surface area contributed by atoms with Gasteiger partial charge in [0, 0.05) is 13.1 Å². The molecule has 5 heteroatoms. The molecule has 30 heavy (non-hydrogen) atoms. The molecular formula is C25H21N3O2. The summed E-state index contributed by atoms with van der Waals surface area (Å²) in [5.74, 6) is -0.960. The minimum atomic E-state index is -0.480. The van der Waals surface area contributed by atoms with Crippen LogP contribution in [0.25, 0.3) is 6.08 Å². The molecule has 3 rings (SSSR count). The van der Waals surface area contributed by atoms with Gasteiger partial charge >= 0.3 is 0 Å². The van der Waals surface area contributed by atoms with Crippen molar-refractivity contribution in [2.75, 3.05) is 0 Å². The third-order valence-corrected chi connectivity index (χ3v) is 4.41. The Kier molecular flexibility index (Phi) is 7.12. The second kappa shape index (κ2) is 10.4. The lowest BCUT2D eigenvalue weighted by atomic mass is 10.1. The summed E-state index contributed by atoms with van der Waals surface area (Å²) in [7, 11) is 0. The van der Waals surface area contributed by atoms with E-state index in [1.54, 1.807) is 24.3 Å². The first kappa shape index (κ1) is 20.6. The molecule has 0 aliphatic carbocycles. The molecule has 0 heterocycles. The number of nitrogens with zero attached hydrogens (tertiary/aromatic N) is 1. The van der Waals surface area contributed by atoms with E-state index in [1.807, 2.05) is 60.7 Å². The van der Waals surface area contributed by atoms with Crippen molar-refractivity contribution in [1.29, 1.82) is 5.26 Å². The molecule has 3 aromatic carbocycles. The van der Waals surface area contributed by atoms with Gasteiger partial charge in [-0.2, -0.15) is 5.26 Å². The van der Waals surface area contributed by atoms with E-state index >= 15 is 0 Å². The van der Waals surface area contributed by atoms with Gasteiger partial charge in [0.25, 0.3) is 11.8 Å². The molecule has 5 nitrogen and oxygen atoms in total. The third-order valence-electron chi connectivity index (χ3n) is 4.41. The van der Waals surface area contributed by atoms with E-state index in [4.69, 9.17) is 5.26 Å². The molecule has 0 atom stereocenters. The Bertz CT molecular complexity index is 1030. The Labute approximate surface area is 175 Å². The van der Waals surface area contributed by atoms with Crippen molar-refractivity contribution in [3.63, 3.8) is 0 Å². The summed E-state index contributed by atoms with van der Waals surface area (Å²) in [6.07, 6.45) is 1.50. The minimum absolute atomic E-state index is 0.0167. The molecule has 2 amide bonds. The van der Waals surface area contributed by atoms with Crippen molar-refractivity contribution in [2.45, 2.75) is 13.1 Å². The van der Waals surface area contributed by atoms with Crippen LogP contribution in [0, 0.1) is 11.3 Å². The van der Waals surface area contributed by atoms with Crippen LogP contribution in [0.4, 0.5) is 0 Å². The highest BCUT2D eigenvalue weighted by molar-refractivity contribution is 6.21. The van der Waals surface area contributed by atoms with Gasteiger partial charge in [0.15, 0.2) is 0 Å². The van der Waals surface area contributed by atoms with Crippen LogP contribution in [0.2, 0.25) is 0 Å². The molecule has 0 aromatic heterocycles. The quantitative estimate of drug-likeness (QED) is 0.364. The minimum Gasteiger partial charge on any atom is -0.348 e. The molecule has 0 spiro atoms. The summed E-state index contributed by atoms with van der Waals surface area (Å²) in [5.41, 5.74) is 2.91. The van der Waals surface area contributed by atoms with Crippen molar-refractivity contribution in [1.82, 2.24) is 10.6 Å². The maximum Gasteiger partial charge on any atom is 0.257 e. The zero-order chi connectivity index (χ0) is 21.2. The molecule has 2 N–H and O–H groups in total. The van der Waals surface area contributed by atoms with E-state index < -0.39 is 11.8 Å². The lowest BCUT2D eigenvalue weighted by Crippen LogP contribution is -2.34. The lowest BCUT2D eigenvalue weighted by molar-refractivity contribution is -0.123. The van der Waals surface area contributed by atoms with Gasteiger partial charge in [-0.25, -0.2) is 0 Å². The van der Waals surface area contributed by atoms with Gasteiger partial charge in [0.1, 0.15) is 5.57 Å². The van der Waals surface area contributed by atoms with Crippen molar-refractivity contribution in [3.05, 3.63) is 113 Å². The standard InChI is InChI=1S/C25H21N3O2/c26-16-22-13-7-12-21(14-22)15-23(24(29)27-17-19-8-3-1-4-9-19)25(30)28-18-20-10-5-2-6-11-20/h1-15H,17-18H2,(H,27,29)(H,28,30). The monoisotopic (exact) mass is 395 g/mol. The zero-order valence-electron chi connectivity index (χ0n) is 16.3. The summed E-state index contributed by atoms with van der Waals surface area (Å²) in [6.45, 7) is 0.614. The van der Waals surface area contributed by atoms with E-state index in [9.17, 15) is 9.59 Å². The Morgan fingerprint density at radius 2 is 1.30 bits per heavy atom. The van der Waals surface area contributed by atoms with Crippen LogP contribution >= 0.6 is 0 Å². The van der Waals surface area contributed by atoms with Crippen molar-refractivity contribution in [3.8, 4) is 6.07 Å². The van der Waals surface area contributed by atoms with Crippen LogP contribution in [0.1, 0.15) is 22.3 Å². The second-order valence-corrected chi connectivity index (χ2v) is 6.63. The third kappa shape index (κ3) is 5.91. The molecule has 0 aliphatic heterocycles. The number of nitriles is 1. The summed E-state index contributed by atoms with van der Waals surface area (Å²) >= 11 is 0. The van der Waals surface area contributed by atoms with Gasteiger partial charge in [-0.3, -0.25) is 9.59 Å². The van der Waals surface area contributed by atoms with Crippen LogP contribution in [0.15, 0.2) is 90.5 Å². The topological polar surface area (TPSA) is 82.0 Å². The van der Waals surface area contributed by atoms with E-state index in [-0.39, 0.29) is 5.57 Å². The normalized spacial score (nSPS) is 9.83. The van der Waals surface area contributed by atoms with Gasteiger partial charge in [-0.05, 0) is 34.9 Å². The molecule has 0 radical (unpaired) electrons. The fourth-order valence-corrected chi connectivity index (χ4v) is 2.85. The first-order valence-corrected chi connectivity index (χ1v) is 9.52. The first-order valence-electron chi connectivity index (χ1n) is 9.52. The number of hydrogen-bond donors (Lipinski definition) is 2. The number of nitrogens with one attached hydrogen (secondary N) is 2. The number of carbonyl (C=O) groups excluding carboxylic acids is 2. The average Bonchev–Trinajstić information content (AvgIpc) is 2.81. The highest BCUT2D eigenvalue weighted by atomic mass is 16.2. The van der Waals surface area contributed by atoms with Gasteiger partial charge in [0.2, 0.25) is 0 Å². The van der Waals surface area contributed by atoms with Gasteiger partial charge in [0.05, 0.1) is 11.6 Å².